The third-order valence-electron chi connectivity index (χ3n) is 13.2. The van der Waals surface area contributed by atoms with E-state index in [1.54, 1.807) is 0 Å². The molecular formula is C59H94N2. The molecule has 0 spiro atoms. The molecule has 0 amide bonds. The van der Waals surface area contributed by atoms with Gasteiger partial charge in [0.2, 0.25) is 11.4 Å². The minimum absolute atomic E-state index is 0.864. The Labute approximate surface area is 379 Å². The van der Waals surface area contributed by atoms with Gasteiger partial charge < -0.3 is 5.53 Å². The van der Waals surface area contributed by atoms with Crippen molar-refractivity contribution in [1.82, 2.24) is 0 Å². The highest BCUT2D eigenvalue weighted by atomic mass is 15.2. The number of nitrogens with zero attached hydrogens (tertiary/aromatic N) is 2. The summed E-state index contributed by atoms with van der Waals surface area (Å²) in [5, 5.41) is 0. The molecule has 2 aromatic carbocycles. The van der Waals surface area contributed by atoms with Crippen molar-refractivity contribution < 1.29 is 4.70 Å². The molecule has 340 valence electrons. The number of hydrogen-bond donors (Lipinski definition) is 0. The van der Waals surface area contributed by atoms with Crippen molar-refractivity contribution in [1.29, 1.82) is 0 Å². The van der Waals surface area contributed by atoms with Gasteiger partial charge in [-0.05, 0) is 80.3 Å². The van der Waals surface area contributed by atoms with Crippen LogP contribution < -0.4 is 0 Å². The summed E-state index contributed by atoms with van der Waals surface area (Å²) in [5.41, 5.74) is 21.0. The lowest BCUT2D eigenvalue weighted by molar-refractivity contribution is -0.345. The van der Waals surface area contributed by atoms with Gasteiger partial charge in [-0.3, -0.25) is 0 Å². The molecule has 0 aliphatic carbocycles. The molecule has 3 rings (SSSR count). The van der Waals surface area contributed by atoms with Crippen LogP contribution in [0.4, 0.5) is 0 Å². The van der Waals surface area contributed by atoms with Crippen molar-refractivity contribution >= 4 is 11.4 Å². The van der Waals surface area contributed by atoms with Gasteiger partial charge in [-0.25, -0.2) is 4.70 Å². The minimum atomic E-state index is 0.864. The number of rotatable bonds is 38. The summed E-state index contributed by atoms with van der Waals surface area (Å²) in [6.45, 7) is 9.10. The molecule has 0 bridgehead atoms. The van der Waals surface area contributed by atoms with E-state index in [2.05, 4.69) is 88.1 Å². The van der Waals surface area contributed by atoms with Crippen LogP contribution in [-0.4, -0.2) is 4.70 Å². The van der Waals surface area contributed by atoms with Gasteiger partial charge in [-0.15, -0.1) is 0 Å². The van der Waals surface area contributed by atoms with Gasteiger partial charge in [0.25, 0.3) is 0 Å². The van der Waals surface area contributed by atoms with Crippen molar-refractivity contribution in [2.45, 2.75) is 265 Å². The van der Waals surface area contributed by atoms with E-state index in [1.807, 2.05) is 0 Å². The summed E-state index contributed by atoms with van der Waals surface area (Å²) < 4.78 is 1.49. The van der Waals surface area contributed by atoms with Gasteiger partial charge >= 0.3 is 0 Å². The second-order valence-corrected chi connectivity index (χ2v) is 18.8. The summed E-state index contributed by atoms with van der Waals surface area (Å²) in [5.74, 6) is 7.30. The fourth-order valence-corrected chi connectivity index (χ4v) is 9.20. The highest BCUT2D eigenvalue weighted by Gasteiger charge is 2.35. The minimum Gasteiger partial charge on any atom is -0.493 e. The molecule has 0 atom stereocenters. The Hall–Kier alpha value is -2.92. The van der Waals surface area contributed by atoms with Crippen molar-refractivity contribution in [3.63, 3.8) is 0 Å². The lowest BCUT2D eigenvalue weighted by atomic mass is 9.94. The summed E-state index contributed by atoms with van der Waals surface area (Å²) in [6, 6.07) is 17.9. The Balaban J connectivity index is 1.43. The van der Waals surface area contributed by atoms with Gasteiger partial charge in [0.05, 0.1) is 0 Å². The molecule has 0 N–H and O–H groups in total. The lowest BCUT2D eigenvalue weighted by Gasteiger charge is -2.10. The van der Waals surface area contributed by atoms with Crippen LogP contribution in [-0.2, 0) is 12.8 Å². The summed E-state index contributed by atoms with van der Waals surface area (Å²) in [6.07, 6.45) is 49.0. The van der Waals surface area contributed by atoms with E-state index in [9.17, 15) is 5.53 Å². The Morgan fingerprint density at radius 1 is 0.361 bits per heavy atom. The van der Waals surface area contributed by atoms with E-state index < -0.39 is 0 Å². The SMILES string of the molecule is CCCCCCCCCCCCCCCCCCCCCCCCCCC#CC1=C(c2ccc(CCCC)cc2)[N+](=[N-])C(c2ccc(CCCC)cc2)=C1CCCCCCC. The van der Waals surface area contributed by atoms with E-state index in [0.717, 1.165) is 66.6 Å². The Morgan fingerprint density at radius 2 is 0.689 bits per heavy atom. The zero-order valence-corrected chi connectivity index (χ0v) is 40.7. The van der Waals surface area contributed by atoms with E-state index in [1.165, 1.54) is 220 Å². The summed E-state index contributed by atoms with van der Waals surface area (Å²) >= 11 is 0. The van der Waals surface area contributed by atoms with Crippen LogP contribution in [0.3, 0.4) is 0 Å². The van der Waals surface area contributed by atoms with Crippen LogP contribution in [0.15, 0.2) is 59.7 Å². The molecule has 0 fully saturated rings. The predicted octanol–water partition coefficient (Wildman–Crippen LogP) is 19.7. The Morgan fingerprint density at radius 3 is 1.07 bits per heavy atom. The lowest BCUT2D eigenvalue weighted by Crippen LogP contribution is -2.03. The average molecular weight is 831 g/mol. The number of benzene rings is 2. The quantitative estimate of drug-likeness (QED) is 0.0366. The molecule has 61 heavy (non-hydrogen) atoms. The molecule has 1 aliphatic heterocycles. The van der Waals surface area contributed by atoms with Crippen LogP contribution in [0.1, 0.15) is 275 Å². The molecule has 0 saturated carbocycles. The largest absolute Gasteiger partial charge is 0.493 e. The predicted molar refractivity (Wildman–Crippen MR) is 270 cm³/mol. The second kappa shape index (κ2) is 35.5. The Bertz CT molecular complexity index is 1530. The molecule has 1 heterocycles. The number of hydrogen-bond acceptors (Lipinski definition) is 0. The number of aryl methyl sites for hydroxylation is 2. The molecule has 0 unspecified atom stereocenters. The summed E-state index contributed by atoms with van der Waals surface area (Å²) in [7, 11) is 0. The average Bonchev–Trinajstić information content (AvgIpc) is 3.56. The fourth-order valence-electron chi connectivity index (χ4n) is 9.20. The first-order valence-corrected chi connectivity index (χ1v) is 26.8. The molecule has 2 nitrogen and oxygen atoms in total. The van der Waals surface area contributed by atoms with Crippen molar-refractivity contribution in [3.05, 3.63) is 87.5 Å². The molecule has 0 aromatic heterocycles. The normalized spacial score (nSPS) is 12.8. The maximum absolute atomic E-state index is 12.1. The second-order valence-electron chi connectivity index (χ2n) is 18.8. The maximum atomic E-state index is 12.1. The van der Waals surface area contributed by atoms with Crippen LogP contribution in [0, 0.1) is 11.8 Å². The number of allylic oxidation sites excluding steroid dienone is 2. The zero-order valence-electron chi connectivity index (χ0n) is 40.7. The first-order chi connectivity index (χ1) is 30.1. The third kappa shape index (κ3) is 22.3. The number of unbranched alkanes of at least 4 members (excludes halogenated alkanes) is 30. The highest BCUT2D eigenvalue weighted by molar-refractivity contribution is 5.85. The monoisotopic (exact) mass is 831 g/mol. The highest BCUT2D eigenvalue weighted by Crippen LogP contribution is 2.42. The third-order valence-corrected chi connectivity index (χ3v) is 13.2. The Kier molecular flexibility index (Phi) is 30.5. The molecule has 0 saturated heterocycles. The summed E-state index contributed by atoms with van der Waals surface area (Å²) in [4.78, 5) is 0. The van der Waals surface area contributed by atoms with Gasteiger partial charge in [0.1, 0.15) is 5.57 Å². The zero-order chi connectivity index (χ0) is 43.4. The maximum Gasteiger partial charge on any atom is 0.223 e. The standard InChI is InChI=1S/C59H94N2/c1-5-9-13-15-16-17-18-19-20-21-22-23-24-25-26-27-28-29-30-31-32-33-34-35-37-39-43-57-56(42-38-36-14-10-6-2)58(54-48-44-52(45-49-54)40-11-7-3)61(60)59(57)55-50-46-53(47-51-55)41-12-8-4/h44-51H,5-38,40-42H2,1-4H3. The van der Waals surface area contributed by atoms with E-state index in [4.69, 9.17) is 0 Å². The molecule has 2 aromatic rings. The van der Waals surface area contributed by atoms with E-state index in [0.29, 0.717) is 0 Å². The van der Waals surface area contributed by atoms with Crippen LogP contribution in [0.25, 0.3) is 16.9 Å². The topological polar surface area (TPSA) is 25.3 Å². The molecule has 1 aliphatic rings. The molecule has 0 radical (unpaired) electrons. The van der Waals surface area contributed by atoms with Gasteiger partial charge in [0, 0.05) is 23.1 Å². The first kappa shape index (κ1) is 52.4. The van der Waals surface area contributed by atoms with Gasteiger partial charge in [-0.2, -0.15) is 0 Å². The van der Waals surface area contributed by atoms with Crippen LogP contribution in [0.2, 0.25) is 0 Å². The van der Waals surface area contributed by atoms with Gasteiger partial charge in [0.15, 0.2) is 0 Å². The fraction of sp³-hybridized carbons (Fsp3) is 0.695. The van der Waals surface area contributed by atoms with Crippen LogP contribution in [0.5, 0.6) is 0 Å². The smallest absolute Gasteiger partial charge is 0.223 e. The van der Waals surface area contributed by atoms with E-state index in [-0.39, 0.29) is 0 Å². The van der Waals surface area contributed by atoms with Crippen molar-refractivity contribution in [2.24, 2.45) is 0 Å². The van der Waals surface area contributed by atoms with Crippen molar-refractivity contribution in [2.75, 3.05) is 0 Å². The molecule has 2 heteroatoms. The van der Waals surface area contributed by atoms with Gasteiger partial charge in [-0.1, -0.05) is 250 Å². The van der Waals surface area contributed by atoms with E-state index >= 15 is 0 Å². The molecular weight excluding hydrogens is 737 g/mol. The first-order valence-electron chi connectivity index (χ1n) is 26.8. The van der Waals surface area contributed by atoms with Crippen molar-refractivity contribution in [3.8, 4) is 11.8 Å². The van der Waals surface area contributed by atoms with Crippen LogP contribution >= 0.6 is 0 Å².